The number of rotatable bonds is 4. The van der Waals surface area contributed by atoms with Gasteiger partial charge in [0.2, 0.25) is 0 Å². The molecule has 0 saturated heterocycles. The Morgan fingerprint density at radius 1 is 0.857 bits per heavy atom. The highest BCUT2D eigenvalue weighted by Gasteiger charge is 1.98. The second-order valence-corrected chi connectivity index (χ2v) is 4.84. The maximum absolute atomic E-state index is 8.71. The van der Waals surface area contributed by atoms with Crippen molar-refractivity contribution in [2.75, 3.05) is 19.0 Å². The summed E-state index contributed by atoms with van der Waals surface area (Å²) in [5, 5.41) is 20.3. The van der Waals surface area contributed by atoms with Crippen LogP contribution in [0.2, 0.25) is 0 Å². The lowest BCUT2D eigenvalue weighted by Gasteiger charge is -2.11. The molecule has 0 heterocycles. The predicted molar refractivity (Wildman–Crippen MR) is 85.4 cm³/mol. The third kappa shape index (κ3) is 3.89. The normalized spacial score (nSPS) is 11.9. The summed E-state index contributed by atoms with van der Waals surface area (Å²) < 4.78 is 0. The van der Waals surface area contributed by atoms with Crippen LogP contribution in [0.4, 0.5) is 17.1 Å². The van der Waals surface area contributed by atoms with E-state index >= 15 is 0 Å². The zero-order valence-electron chi connectivity index (χ0n) is 12.4. The zero-order chi connectivity index (χ0) is 15.2. The number of azo groups is 1. The van der Waals surface area contributed by atoms with Crippen molar-refractivity contribution in [3.05, 3.63) is 54.1 Å². The van der Waals surface area contributed by atoms with Gasteiger partial charge in [-0.15, -0.1) is 0 Å². The van der Waals surface area contributed by atoms with E-state index in [0.717, 1.165) is 22.6 Å². The standard InChI is InChI=1S/C16H18N4O/c1-12(19-21)13-4-6-14(7-5-13)17-18-15-8-10-16(11-9-15)20(2)3/h4-11,21H,1-3H3/b18-17?,19-12+. The van der Waals surface area contributed by atoms with Crippen LogP contribution >= 0.6 is 0 Å². The fourth-order valence-electron chi connectivity index (χ4n) is 1.76. The molecule has 0 saturated carbocycles. The Labute approximate surface area is 124 Å². The second kappa shape index (κ2) is 6.65. The molecule has 5 heteroatoms. The van der Waals surface area contributed by atoms with Crippen molar-refractivity contribution >= 4 is 22.8 Å². The SMILES string of the molecule is C/C(=N\O)c1ccc(N=Nc2ccc(N(C)C)cc2)cc1. The van der Waals surface area contributed by atoms with Crippen molar-refractivity contribution in [3.63, 3.8) is 0 Å². The van der Waals surface area contributed by atoms with Crippen molar-refractivity contribution in [1.29, 1.82) is 0 Å². The quantitative estimate of drug-likeness (QED) is 0.392. The van der Waals surface area contributed by atoms with Crippen molar-refractivity contribution in [2.24, 2.45) is 15.4 Å². The third-order valence-electron chi connectivity index (χ3n) is 3.08. The molecular weight excluding hydrogens is 264 g/mol. The number of nitrogens with zero attached hydrogens (tertiary/aromatic N) is 4. The first-order valence-electron chi connectivity index (χ1n) is 6.58. The molecule has 0 fully saturated rings. The van der Waals surface area contributed by atoms with Gasteiger partial charge < -0.3 is 10.1 Å². The lowest BCUT2D eigenvalue weighted by atomic mass is 10.1. The highest BCUT2D eigenvalue weighted by atomic mass is 16.4. The first kappa shape index (κ1) is 14.7. The molecule has 0 aliphatic rings. The highest BCUT2D eigenvalue weighted by Crippen LogP contribution is 2.21. The number of anilines is 1. The number of oxime groups is 1. The molecule has 0 aliphatic carbocycles. The molecule has 0 unspecified atom stereocenters. The Kier molecular flexibility index (Phi) is 4.66. The van der Waals surface area contributed by atoms with Crippen molar-refractivity contribution in [3.8, 4) is 0 Å². The summed E-state index contributed by atoms with van der Waals surface area (Å²) in [6, 6.07) is 15.2. The van der Waals surface area contributed by atoms with Crippen molar-refractivity contribution < 1.29 is 5.21 Å². The summed E-state index contributed by atoms with van der Waals surface area (Å²) in [6.45, 7) is 1.74. The van der Waals surface area contributed by atoms with Gasteiger partial charge in [-0.05, 0) is 48.9 Å². The van der Waals surface area contributed by atoms with E-state index < -0.39 is 0 Å². The van der Waals surface area contributed by atoms with Gasteiger partial charge in [0, 0.05) is 19.8 Å². The summed E-state index contributed by atoms with van der Waals surface area (Å²) in [6.07, 6.45) is 0. The summed E-state index contributed by atoms with van der Waals surface area (Å²) in [4.78, 5) is 2.03. The van der Waals surface area contributed by atoms with Gasteiger partial charge in [-0.2, -0.15) is 10.2 Å². The Bertz CT molecular complexity index is 643. The maximum Gasteiger partial charge on any atom is 0.0858 e. The molecule has 2 aromatic carbocycles. The van der Waals surface area contributed by atoms with Crippen LogP contribution in [0, 0.1) is 0 Å². The van der Waals surface area contributed by atoms with Gasteiger partial charge in [0.1, 0.15) is 0 Å². The fourth-order valence-corrected chi connectivity index (χ4v) is 1.76. The Hall–Kier alpha value is -2.69. The molecule has 0 amide bonds. The van der Waals surface area contributed by atoms with Crippen molar-refractivity contribution in [1.82, 2.24) is 0 Å². The van der Waals surface area contributed by atoms with Crippen LogP contribution in [0.25, 0.3) is 0 Å². The third-order valence-corrected chi connectivity index (χ3v) is 3.08. The van der Waals surface area contributed by atoms with Crippen LogP contribution in [0.5, 0.6) is 0 Å². The Morgan fingerprint density at radius 3 is 1.76 bits per heavy atom. The summed E-state index contributed by atoms with van der Waals surface area (Å²) >= 11 is 0. The van der Waals surface area contributed by atoms with Crippen LogP contribution in [0.1, 0.15) is 12.5 Å². The van der Waals surface area contributed by atoms with E-state index in [2.05, 4.69) is 15.4 Å². The number of benzene rings is 2. The molecule has 2 rings (SSSR count). The molecular formula is C16H18N4O. The molecule has 1 N–H and O–H groups in total. The van der Waals surface area contributed by atoms with Crippen LogP contribution < -0.4 is 4.90 Å². The number of hydrogen-bond donors (Lipinski definition) is 1. The topological polar surface area (TPSA) is 60.6 Å². The highest BCUT2D eigenvalue weighted by molar-refractivity contribution is 5.98. The largest absolute Gasteiger partial charge is 0.411 e. The lowest BCUT2D eigenvalue weighted by molar-refractivity contribution is 0.319. The molecule has 0 radical (unpaired) electrons. The van der Waals surface area contributed by atoms with Crippen LogP contribution in [0.15, 0.2) is 63.9 Å². The first-order chi connectivity index (χ1) is 10.1. The van der Waals surface area contributed by atoms with E-state index in [1.54, 1.807) is 6.92 Å². The lowest BCUT2D eigenvalue weighted by Crippen LogP contribution is -2.07. The van der Waals surface area contributed by atoms with E-state index in [1.165, 1.54) is 0 Å². The molecule has 0 bridgehead atoms. The molecule has 108 valence electrons. The van der Waals surface area contributed by atoms with E-state index in [4.69, 9.17) is 5.21 Å². The summed E-state index contributed by atoms with van der Waals surface area (Å²) in [5.74, 6) is 0. The first-order valence-corrected chi connectivity index (χ1v) is 6.58. The monoisotopic (exact) mass is 282 g/mol. The molecule has 5 nitrogen and oxygen atoms in total. The van der Waals surface area contributed by atoms with Gasteiger partial charge in [0.25, 0.3) is 0 Å². The maximum atomic E-state index is 8.71. The van der Waals surface area contributed by atoms with E-state index in [-0.39, 0.29) is 0 Å². The summed E-state index contributed by atoms with van der Waals surface area (Å²) in [7, 11) is 3.99. The second-order valence-electron chi connectivity index (χ2n) is 4.84. The number of hydrogen-bond acceptors (Lipinski definition) is 5. The summed E-state index contributed by atoms with van der Waals surface area (Å²) in [5.41, 5.74) is 4.10. The Morgan fingerprint density at radius 2 is 1.33 bits per heavy atom. The van der Waals surface area contributed by atoms with Gasteiger partial charge in [-0.1, -0.05) is 17.3 Å². The van der Waals surface area contributed by atoms with Gasteiger partial charge in [-0.25, -0.2) is 0 Å². The van der Waals surface area contributed by atoms with Crippen LogP contribution in [-0.2, 0) is 0 Å². The van der Waals surface area contributed by atoms with E-state index in [9.17, 15) is 0 Å². The van der Waals surface area contributed by atoms with Gasteiger partial charge >= 0.3 is 0 Å². The fraction of sp³-hybridized carbons (Fsp3) is 0.188. The molecule has 0 atom stereocenters. The molecule has 21 heavy (non-hydrogen) atoms. The Balaban J connectivity index is 2.10. The minimum atomic E-state index is 0.567. The van der Waals surface area contributed by atoms with E-state index in [0.29, 0.717) is 5.71 Å². The minimum Gasteiger partial charge on any atom is -0.411 e. The molecule has 0 aliphatic heterocycles. The van der Waals surface area contributed by atoms with Crippen molar-refractivity contribution in [2.45, 2.75) is 6.92 Å². The molecule has 0 aromatic heterocycles. The molecule has 0 spiro atoms. The minimum absolute atomic E-state index is 0.567. The smallest absolute Gasteiger partial charge is 0.0858 e. The van der Waals surface area contributed by atoms with Gasteiger partial charge in [0.05, 0.1) is 17.1 Å². The van der Waals surface area contributed by atoms with Crippen LogP contribution in [0.3, 0.4) is 0 Å². The zero-order valence-corrected chi connectivity index (χ0v) is 12.4. The average molecular weight is 282 g/mol. The van der Waals surface area contributed by atoms with E-state index in [1.807, 2.05) is 67.5 Å². The molecule has 2 aromatic rings. The predicted octanol–water partition coefficient (Wildman–Crippen LogP) is 4.37. The average Bonchev–Trinajstić information content (AvgIpc) is 2.53. The van der Waals surface area contributed by atoms with Gasteiger partial charge in [0.15, 0.2) is 0 Å². The van der Waals surface area contributed by atoms with Crippen LogP contribution in [-0.4, -0.2) is 25.0 Å². The van der Waals surface area contributed by atoms with Gasteiger partial charge in [-0.3, -0.25) is 0 Å².